The largest absolute Gasteiger partial charge is 0.466 e. The number of hydrogen-bond donors (Lipinski definition) is 0. The Morgan fingerprint density at radius 2 is 1.25 bits per heavy atom. The maximum absolute atomic E-state index is 14.0. The number of carbonyl (C=O) groups is 4. The Morgan fingerprint density at radius 3 is 1.71 bits per heavy atom. The molecule has 0 fully saturated rings. The average Bonchev–Trinajstić information content (AvgIpc) is 3.05. The van der Waals surface area contributed by atoms with Crippen LogP contribution in [-0.2, 0) is 49.1 Å². The summed E-state index contributed by atoms with van der Waals surface area (Å²) in [6.45, 7) is 15.1. The zero-order valence-corrected chi connectivity index (χ0v) is 31.4. The van der Waals surface area contributed by atoms with E-state index in [1.54, 1.807) is 44.2 Å². The fraction of sp³-hybridized carbons (Fsp3) is 0.568. The van der Waals surface area contributed by atoms with Crippen molar-refractivity contribution in [2.45, 2.75) is 110 Å². The monoisotopic (exact) mass is 686 g/mol. The summed E-state index contributed by atoms with van der Waals surface area (Å²) in [6, 6.07) is 17.7. The fourth-order valence-corrected chi connectivity index (χ4v) is 6.16. The Morgan fingerprint density at radius 1 is 0.750 bits per heavy atom. The summed E-state index contributed by atoms with van der Waals surface area (Å²) >= 11 is 0. The first-order valence-corrected chi connectivity index (χ1v) is 19.1. The summed E-state index contributed by atoms with van der Waals surface area (Å²) in [7, 11) is 1.62. The molecule has 5 atom stereocenters. The van der Waals surface area contributed by atoms with Crippen LogP contribution < -0.4 is 0 Å². The van der Waals surface area contributed by atoms with Gasteiger partial charge >= 0.3 is 11.9 Å². The van der Waals surface area contributed by atoms with Crippen LogP contribution >= 0.6 is 0 Å². The van der Waals surface area contributed by atoms with Crippen LogP contribution in [0.5, 0.6) is 0 Å². The lowest BCUT2D eigenvalue weighted by Gasteiger charge is -2.41. The number of rotatable bonds is 19. The molecule has 0 aromatic heterocycles. The molecule has 0 spiro atoms. The van der Waals surface area contributed by atoms with E-state index < -0.39 is 62.0 Å². The number of benzene rings is 2. The molecule has 2 rings (SSSR count). The van der Waals surface area contributed by atoms with E-state index in [0.717, 1.165) is 5.56 Å². The van der Waals surface area contributed by atoms with E-state index in [9.17, 15) is 19.2 Å². The quantitative estimate of drug-likeness (QED) is 0.0938. The lowest BCUT2D eigenvalue weighted by atomic mass is 9.79. The van der Waals surface area contributed by atoms with Crippen LogP contribution in [0.4, 0.5) is 0 Å². The summed E-state index contributed by atoms with van der Waals surface area (Å²) in [5.41, 5.74) is -0.231. The zero-order valence-electron chi connectivity index (χ0n) is 30.4. The highest BCUT2D eigenvalue weighted by Crippen LogP contribution is 2.39. The van der Waals surface area contributed by atoms with Gasteiger partial charge in [-0.05, 0) is 56.6 Å². The molecule has 0 bridgehead atoms. The normalized spacial score (nSPS) is 15.5. The molecule has 0 heterocycles. The van der Waals surface area contributed by atoms with E-state index >= 15 is 0 Å². The number of carbonyl (C=O) groups excluding carboxylic acids is 4. The van der Waals surface area contributed by atoms with E-state index in [1.165, 1.54) is 28.3 Å². The van der Waals surface area contributed by atoms with Gasteiger partial charge in [0.05, 0.1) is 36.9 Å². The number of methoxy groups -OCH3 is 3. The standard InChI is InChI=1S/C37H54O10Si/c1-25(38)37(5,6)33(39)31(45-24-26-18-14-12-15-19-26)29(42-7)22-28(47-48(10,11)36(2,3)4)23-30(43-8)32(35(41)44-9)46-34(40)27-20-16-13-17-21-27/h12-21,28-32H,22-24H2,1-11H3/t28-,29-,30-,31-,32+/m1/s1. The number of ether oxygens (including phenoxy) is 5. The maximum Gasteiger partial charge on any atom is 0.349 e. The van der Waals surface area contributed by atoms with E-state index in [0.29, 0.717) is 0 Å². The maximum atomic E-state index is 14.0. The highest BCUT2D eigenvalue weighted by molar-refractivity contribution is 6.74. The minimum absolute atomic E-state index is 0.0837. The van der Waals surface area contributed by atoms with Gasteiger partial charge in [-0.25, -0.2) is 9.59 Å². The van der Waals surface area contributed by atoms with Gasteiger partial charge in [-0.2, -0.15) is 0 Å². The van der Waals surface area contributed by atoms with Gasteiger partial charge in [0.2, 0.25) is 6.10 Å². The Kier molecular flexibility index (Phi) is 15.3. The molecule has 0 amide bonds. The molecule has 0 radical (unpaired) electrons. The number of hydrogen-bond acceptors (Lipinski definition) is 10. The van der Waals surface area contributed by atoms with Crippen molar-refractivity contribution in [3.63, 3.8) is 0 Å². The van der Waals surface area contributed by atoms with Crippen molar-refractivity contribution in [1.82, 2.24) is 0 Å². The van der Waals surface area contributed by atoms with Crippen molar-refractivity contribution in [1.29, 1.82) is 0 Å². The van der Waals surface area contributed by atoms with Crippen LogP contribution in [0.1, 0.15) is 70.3 Å². The molecule has 0 N–H and O–H groups in total. The van der Waals surface area contributed by atoms with Gasteiger partial charge in [0.1, 0.15) is 18.0 Å². The molecule has 2 aromatic carbocycles. The smallest absolute Gasteiger partial charge is 0.349 e. The summed E-state index contributed by atoms with van der Waals surface area (Å²) in [6.07, 6.45) is -4.81. The molecule has 0 saturated carbocycles. The molecular formula is C37H54O10Si. The third-order valence-electron chi connectivity index (χ3n) is 9.24. The first-order chi connectivity index (χ1) is 22.4. The summed E-state index contributed by atoms with van der Waals surface area (Å²) in [4.78, 5) is 52.7. The van der Waals surface area contributed by atoms with Gasteiger partial charge in [0.15, 0.2) is 14.1 Å². The van der Waals surface area contributed by atoms with Crippen LogP contribution in [0, 0.1) is 5.41 Å². The summed E-state index contributed by atoms with van der Waals surface area (Å²) in [5.74, 6) is -2.22. The zero-order chi connectivity index (χ0) is 36.3. The molecular weight excluding hydrogens is 632 g/mol. The third kappa shape index (κ3) is 11.2. The van der Waals surface area contributed by atoms with Gasteiger partial charge < -0.3 is 28.1 Å². The second-order valence-corrected chi connectivity index (χ2v) is 18.8. The van der Waals surface area contributed by atoms with Crippen LogP contribution in [0.25, 0.3) is 0 Å². The van der Waals surface area contributed by atoms with Crippen molar-refractivity contribution in [2.24, 2.45) is 5.41 Å². The van der Waals surface area contributed by atoms with Crippen LogP contribution in [0.2, 0.25) is 18.1 Å². The Bertz CT molecular complexity index is 1340. The SMILES string of the molecule is COC(=O)[C@@H](OC(=O)c1ccccc1)[C@@H](C[C@@H](C[C@@H](OC)[C@@H](OCc1ccccc1)C(=O)C(C)(C)C(C)=O)O[Si](C)(C)C(C)(C)C)OC. The Labute approximate surface area is 286 Å². The predicted molar refractivity (Wildman–Crippen MR) is 185 cm³/mol. The van der Waals surface area contributed by atoms with Crippen molar-refractivity contribution in [3.8, 4) is 0 Å². The van der Waals surface area contributed by atoms with Crippen molar-refractivity contribution < 1.29 is 47.3 Å². The average molecular weight is 687 g/mol. The van der Waals surface area contributed by atoms with E-state index in [4.69, 9.17) is 28.1 Å². The molecule has 0 aliphatic rings. The van der Waals surface area contributed by atoms with Crippen LogP contribution in [-0.4, -0.2) is 83.7 Å². The van der Waals surface area contributed by atoms with Gasteiger partial charge in [-0.3, -0.25) is 9.59 Å². The molecule has 266 valence electrons. The molecule has 48 heavy (non-hydrogen) atoms. The third-order valence-corrected chi connectivity index (χ3v) is 13.8. The van der Waals surface area contributed by atoms with E-state index in [1.807, 2.05) is 30.3 Å². The van der Waals surface area contributed by atoms with Crippen LogP contribution in [0.15, 0.2) is 60.7 Å². The number of ketones is 2. The number of Topliss-reactive ketones (excluding diaryl/α,β-unsaturated/α-hetero) is 2. The Balaban J connectivity index is 2.54. The molecule has 0 saturated heterocycles. The summed E-state index contributed by atoms with van der Waals surface area (Å²) in [5, 5.41) is -0.201. The number of esters is 2. The van der Waals surface area contributed by atoms with Gasteiger partial charge in [0, 0.05) is 27.1 Å². The minimum atomic E-state index is -2.48. The second-order valence-electron chi connectivity index (χ2n) is 14.0. The molecule has 0 unspecified atom stereocenters. The topological polar surface area (TPSA) is 124 Å². The predicted octanol–water partition coefficient (Wildman–Crippen LogP) is 6.36. The second kappa shape index (κ2) is 18.0. The first kappa shape index (κ1) is 40.9. The molecule has 11 heteroatoms. The molecule has 0 aliphatic carbocycles. The van der Waals surface area contributed by atoms with Crippen LogP contribution in [0.3, 0.4) is 0 Å². The highest BCUT2D eigenvalue weighted by atomic mass is 28.4. The minimum Gasteiger partial charge on any atom is -0.466 e. The van der Waals surface area contributed by atoms with Crippen molar-refractivity contribution >= 4 is 31.8 Å². The van der Waals surface area contributed by atoms with Gasteiger partial charge in [-0.1, -0.05) is 69.3 Å². The highest BCUT2D eigenvalue weighted by Gasteiger charge is 2.46. The molecule has 10 nitrogen and oxygen atoms in total. The molecule has 0 aliphatic heterocycles. The van der Waals surface area contributed by atoms with Gasteiger partial charge in [0.25, 0.3) is 0 Å². The Hall–Kier alpha value is -3.22. The van der Waals surface area contributed by atoms with E-state index in [-0.39, 0.29) is 35.8 Å². The van der Waals surface area contributed by atoms with Gasteiger partial charge in [-0.15, -0.1) is 0 Å². The lowest BCUT2D eigenvalue weighted by Crippen LogP contribution is -2.51. The first-order valence-electron chi connectivity index (χ1n) is 16.2. The lowest BCUT2D eigenvalue weighted by molar-refractivity contribution is -0.161. The van der Waals surface area contributed by atoms with Crippen molar-refractivity contribution in [3.05, 3.63) is 71.8 Å². The molecule has 2 aromatic rings. The fourth-order valence-electron chi connectivity index (χ4n) is 4.78. The van der Waals surface area contributed by atoms with Crippen molar-refractivity contribution in [2.75, 3.05) is 21.3 Å². The summed E-state index contributed by atoms with van der Waals surface area (Å²) < 4.78 is 35.6. The van der Waals surface area contributed by atoms with E-state index in [2.05, 4.69) is 33.9 Å².